The van der Waals surface area contributed by atoms with Crippen molar-refractivity contribution in [1.82, 2.24) is 25.4 Å². The first kappa shape index (κ1) is 34.0. The molecule has 3 heterocycles. The SMILES string of the molecule is CNC(=O)[C@H](CCCc1ccccc1)NC(=O)C1CN(C(=O)Cc2c[nH]c3cc(Cl)ccc23)CC2CN(C(=O)c3ccc(OC)cc3)CC21. The maximum atomic E-state index is 14.1. The molecule has 6 rings (SSSR count). The van der Waals surface area contributed by atoms with Crippen LogP contribution in [0.4, 0.5) is 0 Å². The quantitative estimate of drug-likeness (QED) is 0.215. The molecule has 0 bridgehead atoms. The highest BCUT2D eigenvalue weighted by Gasteiger charge is 2.48. The first-order valence-electron chi connectivity index (χ1n) is 16.8. The zero-order chi connectivity index (χ0) is 34.5. The summed E-state index contributed by atoms with van der Waals surface area (Å²) in [5.41, 5.74) is 3.40. The van der Waals surface area contributed by atoms with Gasteiger partial charge in [-0.05, 0) is 78.6 Å². The van der Waals surface area contributed by atoms with Crippen LogP contribution in [-0.4, -0.2) is 84.8 Å². The zero-order valence-corrected chi connectivity index (χ0v) is 28.5. The van der Waals surface area contributed by atoms with E-state index in [4.69, 9.17) is 16.3 Å². The third-order valence-corrected chi connectivity index (χ3v) is 10.2. The molecule has 0 saturated carbocycles. The van der Waals surface area contributed by atoms with Crippen LogP contribution >= 0.6 is 11.6 Å². The van der Waals surface area contributed by atoms with Gasteiger partial charge in [0.15, 0.2) is 0 Å². The van der Waals surface area contributed by atoms with Crippen molar-refractivity contribution >= 4 is 46.1 Å². The highest BCUT2D eigenvalue weighted by molar-refractivity contribution is 6.31. The Kier molecular flexibility index (Phi) is 10.5. The minimum atomic E-state index is -0.720. The third-order valence-electron chi connectivity index (χ3n) is 9.95. The zero-order valence-electron chi connectivity index (χ0n) is 27.8. The Morgan fingerprint density at radius 1 is 0.959 bits per heavy atom. The Labute approximate surface area is 291 Å². The van der Waals surface area contributed by atoms with Crippen molar-refractivity contribution in [2.45, 2.75) is 31.7 Å². The summed E-state index contributed by atoms with van der Waals surface area (Å²) in [5, 5.41) is 7.25. The van der Waals surface area contributed by atoms with Crippen molar-refractivity contribution in [3.8, 4) is 5.75 Å². The van der Waals surface area contributed by atoms with E-state index in [1.165, 1.54) is 5.56 Å². The van der Waals surface area contributed by atoms with Crippen LogP contribution in [0.3, 0.4) is 0 Å². The van der Waals surface area contributed by atoms with Crippen molar-refractivity contribution in [3.63, 3.8) is 0 Å². The summed E-state index contributed by atoms with van der Waals surface area (Å²) in [5.74, 6) is -0.978. The van der Waals surface area contributed by atoms with Gasteiger partial charge in [0, 0.05) is 60.9 Å². The Morgan fingerprint density at radius 2 is 1.71 bits per heavy atom. The van der Waals surface area contributed by atoms with Crippen molar-refractivity contribution < 1.29 is 23.9 Å². The second-order valence-corrected chi connectivity index (χ2v) is 13.4. The fourth-order valence-corrected chi connectivity index (χ4v) is 7.47. The first-order chi connectivity index (χ1) is 23.7. The number of H-pyrrole nitrogens is 1. The van der Waals surface area contributed by atoms with Crippen LogP contribution < -0.4 is 15.4 Å². The molecule has 49 heavy (non-hydrogen) atoms. The average molecular weight is 684 g/mol. The predicted molar refractivity (Wildman–Crippen MR) is 188 cm³/mol. The van der Waals surface area contributed by atoms with Gasteiger partial charge in [-0.3, -0.25) is 19.2 Å². The monoisotopic (exact) mass is 683 g/mol. The van der Waals surface area contributed by atoms with Crippen molar-refractivity contribution in [3.05, 3.63) is 101 Å². The minimum Gasteiger partial charge on any atom is -0.497 e. The molecular formula is C38H42ClN5O5. The van der Waals surface area contributed by atoms with E-state index in [-0.39, 0.29) is 48.4 Å². The standard InChI is InChI=1S/C38H42ClN5O5/c1-40-37(47)33(10-6-9-24-7-4-3-5-8-24)42-36(46)32-23-43(35(45)17-26-19-41-34-18-28(39)13-16-30(26)34)20-27-21-44(22-31(27)32)38(48)25-11-14-29(49-2)15-12-25/h3-5,7-8,11-16,18-19,27,31-33,41H,6,9-10,17,20-23H2,1-2H3,(H,40,47)(H,42,46)/t27?,31?,32?,33-/m0/s1. The summed E-state index contributed by atoms with van der Waals surface area (Å²) in [6.45, 7) is 1.45. The third kappa shape index (κ3) is 7.75. The van der Waals surface area contributed by atoms with E-state index in [1.807, 2.05) is 48.7 Å². The molecule has 3 unspecified atom stereocenters. The summed E-state index contributed by atoms with van der Waals surface area (Å²) in [7, 11) is 3.14. The molecule has 2 saturated heterocycles. The highest BCUT2D eigenvalue weighted by Crippen LogP contribution is 2.37. The Bertz CT molecular complexity index is 1810. The smallest absolute Gasteiger partial charge is 0.253 e. The lowest BCUT2D eigenvalue weighted by Crippen LogP contribution is -2.56. The molecule has 1 aromatic heterocycles. The van der Waals surface area contributed by atoms with Crippen LogP contribution in [0, 0.1) is 17.8 Å². The normalized spacial score (nSPS) is 19.3. The second-order valence-electron chi connectivity index (χ2n) is 13.0. The first-order valence-corrected chi connectivity index (χ1v) is 17.1. The highest BCUT2D eigenvalue weighted by atomic mass is 35.5. The molecule has 4 amide bonds. The van der Waals surface area contributed by atoms with E-state index >= 15 is 0 Å². The molecule has 11 heteroatoms. The maximum Gasteiger partial charge on any atom is 0.253 e. The summed E-state index contributed by atoms with van der Waals surface area (Å²) in [6, 6.07) is 21.8. The number of fused-ring (bicyclic) bond motifs is 2. The van der Waals surface area contributed by atoms with Crippen molar-refractivity contribution in [2.75, 3.05) is 40.3 Å². The van der Waals surface area contributed by atoms with Crippen LogP contribution in [0.2, 0.25) is 5.02 Å². The molecule has 3 aromatic carbocycles. The number of likely N-dealkylation sites (tertiary alicyclic amines) is 2. The minimum absolute atomic E-state index is 0.0993. The molecule has 3 N–H and O–H groups in total. The number of benzene rings is 3. The van der Waals surface area contributed by atoms with Crippen LogP contribution in [0.5, 0.6) is 5.75 Å². The number of nitrogens with one attached hydrogen (secondary N) is 3. The Balaban J connectivity index is 1.20. The number of aromatic nitrogens is 1. The van der Waals surface area contributed by atoms with Gasteiger partial charge in [-0.25, -0.2) is 0 Å². The lowest BCUT2D eigenvalue weighted by molar-refractivity contribution is -0.140. The molecule has 256 valence electrons. The summed E-state index contributed by atoms with van der Waals surface area (Å²) in [4.78, 5) is 61.3. The fourth-order valence-electron chi connectivity index (χ4n) is 7.30. The van der Waals surface area contributed by atoms with Crippen LogP contribution in [0.1, 0.15) is 34.3 Å². The van der Waals surface area contributed by atoms with E-state index in [1.54, 1.807) is 54.3 Å². The van der Waals surface area contributed by atoms with E-state index in [0.29, 0.717) is 48.8 Å². The molecule has 10 nitrogen and oxygen atoms in total. The number of halogens is 1. The molecule has 2 aliphatic heterocycles. The number of ether oxygens (including phenoxy) is 1. The van der Waals surface area contributed by atoms with Crippen molar-refractivity contribution in [2.24, 2.45) is 17.8 Å². The van der Waals surface area contributed by atoms with Gasteiger partial charge in [0.25, 0.3) is 5.91 Å². The maximum absolute atomic E-state index is 14.1. The summed E-state index contributed by atoms with van der Waals surface area (Å²) < 4.78 is 5.25. The van der Waals surface area contributed by atoms with Gasteiger partial charge in [-0.15, -0.1) is 0 Å². The van der Waals surface area contributed by atoms with E-state index in [0.717, 1.165) is 22.9 Å². The molecule has 4 aromatic rings. The van der Waals surface area contributed by atoms with E-state index < -0.39 is 12.0 Å². The number of aryl methyl sites for hydroxylation is 1. The van der Waals surface area contributed by atoms with Gasteiger partial charge in [0.2, 0.25) is 17.7 Å². The average Bonchev–Trinajstić information content (AvgIpc) is 3.74. The molecule has 4 atom stereocenters. The largest absolute Gasteiger partial charge is 0.497 e. The number of methoxy groups -OCH3 is 1. The predicted octanol–water partition coefficient (Wildman–Crippen LogP) is 4.47. The van der Waals surface area contributed by atoms with E-state index in [9.17, 15) is 19.2 Å². The number of carbonyl (C=O) groups is 4. The van der Waals surface area contributed by atoms with Gasteiger partial charge < -0.3 is 30.2 Å². The number of amides is 4. The lowest BCUT2D eigenvalue weighted by atomic mass is 9.79. The van der Waals surface area contributed by atoms with E-state index in [2.05, 4.69) is 15.6 Å². The number of nitrogens with zero attached hydrogens (tertiary/aromatic N) is 2. The molecular weight excluding hydrogens is 642 g/mol. The van der Waals surface area contributed by atoms with Crippen molar-refractivity contribution in [1.29, 1.82) is 0 Å². The van der Waals surface area contributed by atoms with Crippen LogP contribution in [-0.2, 0) is 27.2 Å². The number of hydrogen-bond acceptors (Lipinski definition) is 5. The molecule has 0 aliphatic carbocycles. The number of aromatic amines is 1. The molecule has 0 spiro atoms. The number of rotatable bonds is 11. The molecule has 2 fully saturated rings. The molecule has 0 radical (unpaired) electrons. The van der Waals surface area contributed by atoms with Crippen LogP contribution in [0.25, 0.3) is 10.9 Å². The number of likely N-dealkylation sites (N-methyl/N-ethyl adjacent to an activating group) is 1. The number of carbonyl (C=O) groups excluding carboxylic acids is 4. The lowest BCUT2D eigenvalue weighted by Gasteiger charge is -2.40. The number of hydrogen-bond donors (Lipinski definition) is 3. The van der Waals surface area contributed by atoms with Crippen LogP contribution in [0.15, 0.2) is 79.0 Å². The van der Waals surface area contributed by atoms with Gasteiger partial charge in [-0.2, -0.15) is 0 Å². The van der Waals surface area contributed by atoms with Gasteiger partial charge in [0.1, 0.15) is 11.8 Å². The number of piperidine rings is 1. The fraction of sp³-hybridized carbons (Fsp3) is 0.368. The van der Waals surface area contributed by atoms with Gasteiger partial charge in [-0.1, -0.05) is 48.0 Å². The van der Waals surface area contributed by atoms with Gasteiger partial charge >= 0.3 is 0 Å². The second kappa shape index (κ2) is 15.2. The molecule has 2 aliphatic rings. The topological polar surface area (TPSA) is 124 Å². The summed E-state index contributed by atoms with van der Waals surface area (Å²) in [6.07, 6.45) is 3.94. The Hall–Kier alpha value is -4.83. The summed E-state index contributed by atoms with van der Waals surface area (Å²) >= 11 is 6.17. The Morgan fingerprint density at radius 3 is 2.45 bits per heavy atom. The van der Waals surface area contributed by atoms with Gasteiger partial charge in [0.05, 0.1) is 19.4 Å².